The third-order valence-electron chi connectivity index (χ3n) is 5.84. The van der Waals surface area contributed by atoms with Gasteiger partial charge in [0.05, 0.1) is 29.2 Å². The van der Waals surface area contributed by atoms with E-state index in [0.29, 0.717) is 22.4 Å². The summed E-state index contributed by atoms with van der Waals surface area (Å²) in [5.74, 6) is 0.526. The third kappa shape index (κ3) is 3.87. The molecule has 12 heteroatoms. The van der Waals surface area contributed by atoms with Crippen molar-refractivity contribution in [3.8, 4) is 5.82 Å². The number of nitrogens with zero attached hydrogens (tertiary/aromatic N) is 7. The van der Waals surface area contributed by atoms with E-state index in [0.717, 1.165) is 17.4 Å². The average Bonchev–Trinajstić information content (AvgIpc) is 3.51. The normalized spacial score (nSPS) is 15.3. The van der Waals surface area contributed by atoms with Gasteiger partial charge in [0.25, 0.3) is 5.91 Å². The van der Waals surface area contributed by atoms with Gasteiger partial charge >= 0.3 is 0 Å². The van der Waals surface area contributed by atoms with Crippen LogP contribution in [-0.2, 0) is 10.0 Å². The zero-order valence-electron chi connectivity index (χ0n) is 18.7. The molecule has 1 amide bonds. The summed E-state index contributed by atoms with van der Waals surface area (Å²) in [6.45, 7) is 4.99. The molecule has 1 saturated heterocycles. The van der Waals surface area contributed by atoms with Gasteiger partial charge in [-0.25, -0.2) is 18.1 Å². The lowest BCUT2D eigenvalue weighted by Gasteiger charge is -2.34. The predicted molar refractivity (Wildman–Crippen MR) is 128 cm³/mol. The van der Waals surface area contributed by atoms with Gasteiger partial charge in [0.2, 0.25) is 10.0 Å². The lowest BCUT2D eigenvalue weighted by atomic mass is 10.0. The fourth-order valence-electron chi connectivity index (χ4n) is 4.17. The number of benzene rings is 1. The molecule has 176 valence electrons. The van der Waals surface area contributed by atoms with Crippen LogP contribution >= 0.6 is 11.7 Å². The Morgan fingerprint density at radius 1 is 1.03 bits per heavy atom. The maximum atomic E-state index is 13.4. The number of fused-ring (bicyclic) bond motifs is 1. The van der Waals surface area contributed by atoms with E-state index >= 15 is 0 Å². The van der Waals surface area contributed by atoms with E-state index in [1.165, 1.54) is 4.31 Å². The number of hydrogen-bond donors (Lipinski definition) is 0. The number of rotatable bonds is 5. The molecule has 4 aromatic rings. The lowest BCUT2D eigenvalue weighted by molar-refractivity contribution is 0.0696. The fourth-order valence-corrected chi connectivity index (χ4v) is 6.35. The van der Waals surface area contributed by atoms with Crippen molar-refractivity contribution in [1.82, 2.24) is 32.7 Å². The van der Waals surface area contributed by atoms with E-state index in [9.17, 15) is 13.2 Å². The molecule has 1 aliphatic heterocycles. The van der Waals surface area contributed by atoms with Gasteiger partial charge < -0.3 is 4.90 Å². The summed E-state index contributed by atoms with van der Waals surface area (Å²) in [6.07, 6.45) is 3.26. The van der Waals surface area contributed by atoms with Gasteiger partial charge in [-0.3, -0.25) is 4.79 Å². The van der Waals surface area contributed by atoms with Crippen LogP contribution in [0.4, 0.5) is 0 Å². The largest absolute Gasteiger partial charge is 0.336 e. The van der Waals surface area contributed by atoms with Gasteiger partial charge in [-0.15, -0.1) is 0 Å². The van der Waals surface area contributed by atoms with Gasteiger partial charge in [-0.05, 0) is 30.2 Å². The Bertz CT molecular complexity index is 1440. The first-order chi connectivity index (χ1) is 16.4. The van der Waals surface area contributed by atoms with Crippen LogP contribution in [0, 0.1) is 0 Å². The molecule has 0 spiro atoms. The highest BCUT2D eigenvalue weighted by Crippen LogP contribution is 2.27. The van der Waals surface area contributed by atoms with E-state index in [1.807, 2.05) is 32.0 Å². The van der Waals surface area contributed by atoms with Crippen molar-refractivity contribution in [2.24, 2.45) is 0 Å². The number of hydrogen-bond acceptors (Lipinski definition) is 8. The van der Waals surface area contributed by atoms with Gasteiger partial charge in [0, 0.05) is 32.4 Å². The molecule has 0 aliphatic carbocycles. The molecular formula is C22H23N7O3S2. The van der Waals surface area contributed by atoms with Crippen LogP contribution < -0.4 is 0 Å². The molecule has 1 aromatic carbocycles. The fraction of sp³-hybridized carbons (Fsp3) is 0.318. The number of aromatic nitrogens is 5. The summed E-state index contributed by atoms with van der Waals surface area (Å²) in [6, 6.07) is 10.5. The lowest BCUT2D eigenvalue weighted by Crippen LogP contribution is -2.50. The van der Waals surface area contributed by atoms with Gasteiger partial charge in [0.15, 0.2) is 5.82 Å². The zero-order valence-corrected chi connectivity index (χ0v) is 20.3. The second kappa shape index (κ2) is 8.85. The summed E-state index contributed by atoms with van der Waals surface area (Å²) in [5, 5.41) is 4.43. The minimum absolute atomic E-state index is 0.0392. The summed E-state index contributed by atoms with van der Waals surface area (Å²) in [4.78, 5) is 19.6. The molecule has 0 atom stereocenters. The number of sulfonamides is 1. The molecule has 4 heterocycles. The monoisotopic (exact) mass is 497 g/mol. The molecule has 0 saturated carbocycles. The van der Waals surface area contributed by atoms with E-state index in [4.69, 9.17) is 0 Å². The Balaban J connectivity index is 1.36. The Labute approximate surface area is 201 Å². The van der Waals surface area contributed by atoms with Gasteiger partial charge in [-0.2, -0.15) is 18.2 Å². The highest BCUT2D eigenvalue weighted by Gasteiger charge is 2.33. The first-order valence-corrected chi connectivity index (χ1v) is 13.0. The topological polar surface area (TPSA) is 114 Å². The van der Waals surface area contributed by atoms with Gasteiger partial charge in [-0.1, -0.05) is 26.0 Å². The van der Waals surface area contributed by atoms with Crippen LogP contribution in [0.3, 0.4) is 0 Å². The molecular weight excluding hydrogens is 474 g/mol. The van der Waals surface area contributed by atoms with Crippen LogP contribution in [0.25, 0.3) is 16.9 Å². The van der Waals surface area contributed by atoms with Crippen molar-refractivity contribution < 1.29 is 13.2 Å². The van der Waals surface area contributed by atoms with E-state index in [1.54, 1.807) is 40.2 Å². The quantitative estimate of drug-likeness (QED) is 0.416. The number of carbonyl (C=O) groups excluding carboxylic acids is 1. The van der Waals surface area contributed by atoms with Crippen molar-refractivity contribution in [2.75, 3.05) is 26.2 Å². The maximum Gasteiger partial charge on any atom is 0.257 e. The van der Waals surface area contributed by atoms with Crippen LogP contribution in [0.2, 0.25) is 0 Å². The second-order valence-electron chi connectivity index (χ2n) is 8.28. The molecule has 3 aromatic heterocycles. The Morgan fingerprint density at radius 3 is 2.53 bits per heavy atom. The standard InChI is InChI=1S/C22H23N7O3S2/c1-15(2)21-16(14-24-29(21)19-8-3-4-9-23-19)22(30)27-10-12-28(13-11-27)34(31,32)18-7-5-6-17-20(18)26-33-25-17/h3-9,14-15H,10-13H2,1-2H3. The molecule has 1 aliphatic rings. The molecule has 0 N–H and O–H groups in total. The molecule has 0 unspecified atom stereocenters. The number of amides is 1. The smallest absolute Gasteiger partial charge is 0.257 e. The molecule has 34 heavy (non-hydrogen) atoms. The molecule has 0 radical (unpaired) electrons. The highest BCUT2D eigenvalue weighted by molar-refractivity contribution is 7.89. The van der Waals surface area contributed by atoms with Crippen LogP contribution in [0.1, 0.15) is 35.8 Å². The minimum atomic E-state index is -3.75. The molecule has 5 rings (SSSR count). The summed E-state index contributed by atoms with van der Waals surface area (Å²) in [7, 11) is -3.75. The maximum absolute atomic E-state index is 13.4. The highest BCUT2D eigenvalue weighted by atomic mass is 32.2. The van der Waals surface area contributed by atoms with Crippen molar-refractivity contribution in [3.63, 3.8) is 0 Å². The average molecular weight is 498 g/mol. The SMILES string of the molecule is CC(C)c1c(C(=O)N2CCN(S(=O)(=O)c3cccc4nsnc34)CC2)cnn1-c1ccccn1. The summed E-state index contributed by atoms with van der Waals surface area (Å²) < 4.78 is 38.0. The number of pyridine rings is 1. The zero-order chi connectivity index (χ0) is 23.9. The molecule has 1 fully saturated rings. The Hall–Kier alpha value is -3.22. The predicted octanol–water partition coefficient (Wildman–Crippen LogP) is 2.54. The first-order valence-electron chi connectivity index (χ1n) is 10.9. The third-order valence-corrected chi connectivity index (χ3v) is 8.32. The van der Waals surface area contributed by atoms with Crippen LogP contribution in [0.5, 0.6) is 0 Å². The summed E-state index contributed by atoms with van der Waals surface area (Å²) >= 11 is 0.987. The van der Waals surface area contributed by atoms with Crippen LogP contribution in [0.15, 0.2) is 53.7 Å². The van der Waals surface area contributed by atoms with Crippen molar-refractivity contribution in [2.45, 2.75) is 24.7 Å². The van der Waals surface area contributed by atoms with E-state index in [2.05, 4.69) is 18.8 Å². The Morgan fingerprint density at radius 2 is 1.82 bits per heavy atom. The van der Waals surface area contributed by atoms with Crippen molar-refractivity contribution in [3.05, 3.63) is 60.0 Å². The molecule has 0 bridgehead atoms. The number of carbonyl (C=O) groups is 1. The first kappa shape index (κ1) is 22.6. The van der Waals surface area contributed by atoms with Crippen LogP contribution in [-0.4, -0.2) is 73.2 Å². The Kier molecular flexibility index (Phi) is 5.88. The minimum Gasteiger partial charge on any atom is -0.336 e. The second-order valence-corrected chi connectivity index (χ2v) is 10.7. The van der Waals surface area contributed by atoms with Crippen molar-refractivity contribution >= 4 is 38.7 Å². The number of piperazine rings is 1. The van der Waals surface area contributed by atoms with E-state index in [-0.39, 0.29) is 42.9 Å². The van der Waals surface area contributed by atoms with Gasteiger partial charge in [0.1, 0.15) is 15.9 Å². The molecule has 10 nitrogen and oxygen atoms in total. The van der Waals surface area contributed by atoms with E-state index < -0.39 is 10.0 Å². The summed E-state index contributed by atoms with van der Waals surface area (Å²) in [5.41, 5.74) is 2.23. The van der Waals surface area contributed by atoms with Crippen molar-refractivity contribution in [1.29, 1.82) is 0 Å².